The molecule has 0 saturated heterocycles. The van der Waals surface area contributed by atoms with Gasteiger partial charge in [-0.2, -0.15) is 4.99 Å². The highest BCUT2D eigenvalue weighted by Gasteiger charge is 2.39. The molecule has 2 heterocycles. The predicted octanol–water partition coefficient (Wildman–Crippen LogP) is 2.61. The second-order valence-electron chi connectivity index (χ2n) is 5.19. The van der Waals surface area contributed by atoms with E-state index < -0.39 is 0 Å². The van der Waals surface area contributed by atoms with E-state index in [2.05, 4.69) is 24.9 Å². The summed E-state index contributed by atoms with van der Waals surface area (Å²) in [6.07, 6.45) is 2.44. The number of hydrogen-bond acceptors (Lipinski definition) is 3. The third kappa shape index (κ3) is 1.92. The van der Waals surface area contributed by atoms with Gasteiger partial charge in [0, 0.05) is 16.3 Å². The van der Waals surface area contributed by atoms with Crippen LogP contribution in [-0.2, 0) is 0 Å². The Morgan fingerprint density at radius 2 is 2.22 bits per heavy atom. The summed E-state index contributed by atoms with van der Waals surface area (Å²) in [7, 11) is 0. The zero-order valence-corrected chi connectivity index (χ0v) is 11.5. The molecule has 0 radical (unpaired) electrons. The first-order valence-electron chi connectivity index (χ1n) is 6.28. The van der Waals surface area contributed by atoms with Crippen LogP contribution in [0.4, 0.5) is 4.79 Å². The topological polar surface area (TPSA) is 58.7 Å². The van der Waals surface area contributed by atoms with Crippen LogP contribution < -0.4 is 5.73 Å². The Balaban J connectivity index is 1.93. The number of hydrogen-bond donors (Lipinski definition) is 1. The summed E-state index contributed by atoms with van der Waals surface area (Å²) in [6, 6.07) is 1.82. The molecule has 2 aliphatic rings. The molecule has 1 aromatic heterocycles. The number of aryl methyl sites for hydroxylation is 2. The van der Waals surface area contributed by atoms with Gasteiger partial charge in [-0.1, -0.05) is 0 Å². The van der Waals surface area contributed by atoms with E-state index in [4.69, 9.17) is 5.73 Å². The minimum Gasteiger partial charge on any atom is -0.385 e. The van der Waals surface area contributed by atoms with Crippen LogP contribution in [0.15, 0.2) is 11.1 Å². The SMILES string of the molecule is Cc1cc(C2C(N)=NC(=O)N2CC2CC2)c(C)s1. The fourth-order valence-corrected chi connectivity index (χ4v) is 3.47. The minimum atomic E-state index is -0.173. The summed E-state index contributed by atoms with van der Waals surface area (Å²) in [5, 5.41) is 0. The van der Waals surface area contributed by atoms with Gasteiger partial charge in [0.1, 0.15) is 11.9 Å². The van der Waals surface area contributed by atoms with Crippen LogP contribution in [0.3, 0.4) is 0 Å². The molecular formula is C13H17N3OS. The van der Waals surface area contributed by atoms with Gasteiger partial charge in [-0.3, -0.25) is 0 Å². The number of nitrogens with zero attached hydrogens (tertiary/aromatic N) is 2. The molecule has 0 bridgehead atoms. The van der Waals surface area contributed by atoms with Crippen LogP contribution in [0, 0.1) is 19.8 Å². The van der Waals surface area contributed by atoms with E-state index in [1.165, 1.54) is 22.6 Å². The van der Waals surface area contributed by atoms with Crippen LogP contribution in [0.5, 0.6) is 0 Å². The summed E-state index contributed by atoms with van der Waals surface area (Å²) >= 11 is 1.75. The lowest BCUT2D eigenvalue weighted by molar-refractivity contribution is 0.204. The van der Waals surface area contributed by atoms with Crippen molar-refractivity contribution in [1.82, 2.24) is 4.90 Å². The van der Waals surface area contributed by atoms with E-state index in [9.17, 15) is 4.79 Å². The summed E-state index contributed by atoms with van der Waals surface area (Å²) in [5.74, 6) is 1.10. The molecule has 2 amide bonds. The second kappa shape index (κ2) is 4.09. The van der Waals surface area contributed by atoms with Gasteiger partial charge in [0.25, 0.3) is 0 Å². The molecule has 1 fully saturated rings. The molecule has 0 aromatic carbocycles. The highest BCUT2D eigenvalue weighted by molar-refractivity contribution is 7.12. The van der Waals surface area contributed by atoms with E-state index in [1.807, 2.05) is 4.90 Å². The Morgan fingerprint density at radius 3 is 2.78 bits per heavy atom. The molecule has 0 spiro atoms. The number of aliphatic imine (C=N–C) groups is 1. The van der Waals surface area contributed by atoms with E-state index >= 15 is 0 Å². The van der Waals surface area contributed by atoms with Gasteiger partial charge >= 0.3 is 6.03 Å². The monoisotopic (exact) mass is 263 g/mol. The molecule has 1 aliphatic heterocycles. The molecule has 1 aliphatic carbocycles. The predicted molar refractivity (Wildman–Crippen MR) is 73.0 cm³/mol. The van der Waals surface area contributed by atoms with Crippen LogP contribution >= 0.6 is 11.3 Å². The van der Waals surface area contributed by atoms with Gasteiger partial charge in [0.2, 0.25) is 0 Å². The van der Waals surface area contributed by atoms with Crippen molar-refractivity contribution >= 4 is 23.2 Å². The number of nitrogens with two attached hydrogens (primary N) is 1. The Kier molecular flexibility index (Phi) is 2.66. The minimum absolute atomic E-state index is 0.136. The van der Waals surface area contributed by atoms with Crippen molar-refractivity contribution in [2.75, 3.05) is 6.54 Å². The maximum absolute atomic E-state index is 11.9. The fourth-order valence-electron chi connectivity index (χ4n) is 2.52. The summed E-state index contributed by atoms with van der Waals surface area (Å²) in [6.45, 7) is 4.96. The van der Waals surface area contributed by atoms with Crippen molar-refractivity contribution in [2.24, 2.45) is 16.6 Å². The normalized spacial score (nSPS) is 23.7. The van der Waals surface area contributed by atoms with Gasteiger partial charge in [-0.25, -0.2) is 4.79 Å². The summed E-state index contributed by atoms with van der Waals surface area (Å²) < 4.78 is 0. The number of urea groups is 1. The number of amides is 2. The van der Waals surface area contributed by atoms with Crippen molar-refractivity contribution in [2.45, 2.75) is 32.7 Å². The molecular weight excluding hydrogens is 246 g/mol. The molecule has 4 nitrogen and oxygen atoms in total. The Labute approximate surface area is 111 Å². The number of thiophene rings is 1. The van der Waals surface area contributed by atoms with Gasteiger partial charge in [0.15, 0.2) is 0 Å². The lowest BCUT2D eigenvalue weighted by Crippen LogP contribution is -2.34. The maximum atomic E-state index is 11.9. The summed E-state index contributed by atoms with van der Waals surface area (Å²) in [5.41, 5.74) is 7.10. The van der Waals surface area contributed by atoms with E-state index in [0.717, 1.165) is 12.1 Å². The summed E-state index contributed by atoms with van der Waals surface area (Å²) in [4.78, 5) is 20.2. The number of rotatable bonds is 3. The maximum Gasteiger partial charge on any atom is 0.346 e. The van der Waals surface area contributed by atoms with Crippen molar-refractivity contribution in [1.29, 1.82) is 0 Å². The smallest absolute Gasteiger partial charge is 0.346 e. The average Bonchev–Trinajstić information content (AvgIpc) is 2.98. The van der Waals surface area contributed by atoms with E-state index in [0.29, 0.717) is 11.8 Å². The Hall–Kier alpha value is -1.36. The first-order chi connectivity index (χ1) is 8.56. The van der Waals surface area contributed by atoms with Crippen LogP contribution in [-0.4, -0.2) is 23.3 Å². The van der Waals surface area contributed by atoms with Gasteiger partial charge in [-0.05, 0) is 44.2 Å². The molecule has 2 N–H and O–H groups in total. The third-order valence-corrected chi connectivity index (χ3v) is 4.57. The average molecular weight is 263 g/mol. The second-order valence-corrected chi connectivity index (χ2v) is 6.65. The van der Waals surface area contributed by atoms with Gasteiger partial charge < -0.3 is 10.6 Å². The van der Waals surface area contributed by atoms with Crippen molar-refractivity contribution in [3.05, 3.63) is 21.4 Å². The first-order valence-corrected chi connectivity index (χ1v) is 7.09. The van der Waals surface area contributed by atoms with E-state index in [-0.39, 0.29) is 12.1 Å². The van der Waals surface area contributed by atoms with Gasteiger partial charge in [0.05, 0.1) is 0 Å². The highest BCUT2D eigenvalue weighted by Crippen LogP contribution is 2.37. The zero-order valence-electron chi connectivity index (χ0n) is 10.6. The number of carbonyl (C=O) groups is 1. The van der Waals surface area contributed by atoms with Crippen molar-refractivity contribution in [3.63, 3.8) is 0 Å². The molecule has 1 atom stereocenters. The van der Waals surface area contributed by atoms with Crippen LogP contribution in [0.25, 0.3) is 0 Å². The quantitative estimate of drug-likeness (QED) is 0.911. The Morgan fingerprint density at radius 1 is 1.50 bits per heavy atom. The van der Waals surface area contributed by atoms with Gasteiger partial charge in [-0.15, -0.1) is 11.3 Å². The molecule has 96 valence electrons. The molecule has 1 aromatic rings. The zero-order chi connectivity index (χ0) is 12.9. The molecule has 3 rings (SSSR count). The van der Waals surface area contributed by atoms with Crippen molar-refractivity contribution in [3.8, 4) is 0 Å². The highest BCUT2D eigenvalue weighted by atomic mass is 32.1. The fraction of sp³-hybridized carbons (Fsp3) is 0.538. The lowest BCUT2D eigenvalue weighted by atomic mass is 10.1. The first kappa shape index (κ1) is 11.7. The Bertz CT molecular complexity index is 530. The van der Waals surface area contributed by atoms with E-state index in [1.54, 1.807) is 11.3 Å². The number of carbonyl (C=O) groups excluding carboxylic acids is 1. The molecule has 1 unspecified atom stereocenters. The van der Waals surface area contributed by atoms with Crippen LogP contribution in [0.2, 0.25) is 0 Å². The lowest BCUT2D eigenvalue weighted by Gasteiger charge is -2.24. The standard InChI is InChI=1S/C13H17N3OS/c1-7-5-10(8(2)18-7)11-12(14)15-13(17)16(11)6-9-3-4-9/h5,9,11H,3-4,6H2,1-2H3,(H2,14,15,17). The molecule has 1 saturated carbocycles. The molecule has 5 heteroatoms. The third-order valence-electron chi connectivity index (χ3n) is 3.59. The largest absolute Gasteiger partial charge is 0.385 e. The van der Waals surface area contributed by atoms with Crippen LogP contribution in [0.1, 0.15) is 34.2 Å². The van der Waals surface area contributed by atoms with Crippen molar-refractivity contribution < 1.29 is 4.79 Å². The number of amidine groups is 1. The molecule has 18 heavy (non-hydrogen) atoms.